The molecule has 0 spiro atoms. The number of anilines is 1. The highest BCUT2D eigenvalue weighted by molar-refractivity contribution is 9.10. The van der Waals surface area contributed by atoms with Crippen LogP contribution in [0.1, 0.15) is 43.0 Å². The van der Waals surface area contributed by atoms with Crippen LogP contribution >= 0.6 is 15.9 Å². The van der Waals surface area contributed by atoms with E-state index < -0.39 is 0 Å². The number of hydrogen-bond acceptors (Lipinski definition) is 2. The van der Waals surface area contributed by atoms with E-state index >= 15 is 0 Å². The minimum atomic E-state index is 0.673. The van der Waals surface area contributed by atoms with Gasteiger partial charge >= 0.3 is 0 Å². The van der Waals surface area contributed by atoms with Crippen LogP contribution in [0.3, 0.4) is 0 Å². The smallest absolute Gasteiger partial charge is 0.145 e. The van der Waals surface area contributed by atoms with Gasteiger partial charge in [0.05, 0.1) is 5.69 Å². The first-order valence-electron chi connectivity index (χ1n) is 6.48. The van der Waals surface area contributed by atoms with Crippen LogP contribution in [-0.4, -0.2) is 9.38 Å². The highest BCUT2D eigenvalue weighted by Crippen LogP contribution is 2.26. The van der Waals surface area contributed by atoms with Crippen molar-refractivity contribution in [1.29, 1.82) is 0 Å². The third-order valence-corrected chi connectivity index (χ3v) is 4.36. The van der Waals surface area contributed by atoms with Crippen molar-refractivity contribution in [3.8, 4) is 0 Å². The van der Waals surface area contributed by atoms with Gasteiger partial charge in [0.2, 0.25) is 0 Å². The molecule has 0 atom stereocenters. The molecule has 2 aromatic heterocycles. The minimum Gasteiger partial charge on any atom is -0.382 e. The number of aryl methyl sites for hydroxylation is 2. The summed E-state index contributed by atoms with van der Waals surface area (Å²) in [7, 11) is 0. The number of aromatic nitrogens is 2. The van der Waals surface area contributed by atoms with Crippen molar-refractivity contribution in [3.63, 3.8) is 0 Å². The maximum Gasteiger partial charge on any atom is 0.145 e. The van der Waals surface area contributed by atoms with Crippen molar-refractivity contribution >= 4 is 27.4 Å². The number of hydrogen-bond donors (Lipinski definition) is 1. The zero-order chi connectivity index (χ0) is 13.3. The Bertz CT molecular complexity index is 572. The molecule has 2 rings (SSSR count). The number of imidazole rings is 1. The van der Waals surface area contributed by atoms with Gasteiger partial charge in [-0.15, -0.1) is 0 Å². The molecular weight excluding hydrogens is 290 g/mol. The minimum absolute atomic E-state index is 0.673. The number of nitrogen functional groups attached to an aromatic ring is 1. The summed E-state index contributed by atoms with van der Waals surface area (Å²) in [4.78, 5) is 4.51. The maximum atomic E-state index is 6.06. The van der Waals surface area contributed by atoms with Crippen molar-refractivity contribution in [2.24, 2.45) is 0 Å². The first-order chi connectivity index (χ1) is 8.56. The predicted molar refractivity (Wildman–Crippen MR) is 80.0 cm³/mol. The van der Waals surface area contributed by atoms with Crippen molar-refractivity contribution in [2.75, 3.05) is 5.73 Å². The van der Waals surface area contributed by atoms with Gasteiger partial charge in [-0.1, -0.05) is 19.8 Å². The van der Waals surface area contributed by atoms with Crippen molar-refractivity contribution in [1.82, 2.24) is 9.38 Å². The number of nitrogens with two attached hydrogens (primary N) is 1. The fourth-order valence-corrected chi connectivity index (χ4v) is 2.74. The van der Waals surface area contributed by atoms with Crippen LogP contribution < -0.4 is 5.73 Å². The number of nitrogens with zero attached hydrogens (tertiary/aromatic N) is 2. The predicted octanol–water partition coefficient (Wildman–Crippen LogP) is 4.03. The summed E-state index contributed by atoms with van der Waals surface area (Å²) >= 11 is 3.60. The van der Waals surface area contributed by atoms with E-state index in [-0.39, 0.29) is 0 Å². The lowest BCUT2D eigenvalue weighted by atomic mass is 10.1. The Balaban J connectivity index is 2.50. The SMILES string of the molecule is CCCCCc1c(N)nc2c(C)c(C)c(Br)cn12. The second-order valence-electron chi connectivity index (χ2n) is 4.82. The first-order valence-corrected chi connectivity index (χ1v) is 7.27. The zero-order valence-electron chi connectivity index (χ0n) is 11.3. The summed E-state index contributed by atoms with van der Waals surface area (Å²) in [5.41, 5.74) is 10.6. The highest BCUT2D eigenvalue weighted by atomic mass is 79.9. The first kappa shape index (κ1) is 13.4. The Morgan fingerprint density at radius 3 is 2.67 bits per heavy atom. The van der Waals surface area contributed by atoms with Crippen molar-refractivity contribution in [3.05, 3.63) is 27.5 Å². The normalized spacial score (nSPS) is 11.3. The third kappa shape index (κ3) is 2.26. The molecule has 0 bridgehead atoms. The number of rotatable bonds is 4. The van der Waals surface area contributed by atoms with E-state index in [2.05, 4.69) is 52.3 Å². The van der Waals surface area contributed by atoms with Crippen LogP contribution in [-0.2, 0) is 6.42 Å². The summed E-state index contributed by atoms with van der Waals surface area (Å²) in [6.07, 6.45) is 6.70. The van der Waals surface area contributed by atoms with Crippen LogP contribution in [0.15, 0.2) is 10.7 Å². The van der Waals surface area contributed by atoms with Gasteiger partial charge in [-0.25, -0.2) is 4.98 Å². The molecule has 98 valence electrons. The third-order valence-electron chi connectivity index (χ3n) is 3.56. The monoisotopic (exact) mass is 309 g/mol. The lowest BCUT2D eigenvalue weighted by Gasteiger charge is -2.08. The van der Waals surface area contributed by atoms with E-state index in [1.165, 1.54) is 30.4 Å². The molecular formula is C14H20BrN3. The highest BCUT2D eigenvalue weighted by Gasteiger charge is 2.13. The molecule has 4 heteroatoms. The zero-order valence-corrected chi connectivity index (χ0v) is 12.8. The van der Waals surface area contributed by atoms with Gasteiger partial charge in [0.15, 0.2) is 0 Å². The van der Waals surface area contributed by atoms with Crippen LogP contribution in [0.5, 0.6) is 0 Å². The fourth-order valence-electron chi connectivity index (χ4n) is 2.24. The molecule has 2 heterocycles. The summed E-state index contributed by atoms with van der Waals surface area (Å²) < 4.78 is 3.25. The van der Waals surface area contributed by atoms with Gasteiger partial charge in [0.1, 0.15) is 11.5 Å². The van der Waals surface area contributed by atoms with Crippen molar-refractivity contribution in [2.45, 2.75) is 46.5 Å². The second kappa shape index (κ2) is 5.31. The Hall–Kier alpha value is -1.03. The van der Waals surface area contributed by atoms with Crippen LogP contribution in [0, 0.1) is 13.8 Å². The van der Waals surface area contributed by atoms with E-state index in [0.29, 0.717) is 5.82 Å². The van der Waals surface area contributed by atoms with Gasteiger partial charge in [-0.05, 0) is 53.7 Å². The molecule has 0 radical (unpaired) electrons. The van der Waals surface area contributed by atoms with Gasteiger partial charge < -0.3 is 10.1 Å². The molecule has 2 aromatic rings. The summed E-state index contributed by atoms with van der Waals surface area (Å²) in [6, 6.07) is 0. The molecule has 0 aliphatic heterocycles. The average Bonchev–Trinajstić information content (AvgIpc) is 2.65. The second-order valence-corrected chi connectivity index (χ2v) is 5.68. The quantitative estimate of drug-likeness (QED) is 0.867. The Morgan fingerprint density at radius 2 is 2.00 bits per heavy atom. The molecule has 2 N–H and O–H groups in total. The van der Waals surface area contributed by atoms with E-state index in [0.717, 1.165) is 22.2 Å². The van der Waals surface area contributed by atoms with Crippen molar-refractivity contribution < 1.29 is 0 Å². The van der Waals surface area contributed by atoms with E-state index in [4.69, 9.17) is 5.73 Å². The Morgan fingerprint density at radius 1 is 1.28 bits per heavy atom. The van der Waals surface area contributed by atoms with Crippen LogP contribution in [0.25, 0.3) is 5.65 Å². The summed E-state index contributed by atoms with van der Waals surface area (Å²) in [6.45, 7) is 6.40. The van der Waals surface area contributed by atoms with E-state index in [1.54, 1.807) is 0 Å². The van der Waals surface area contributed by atoms with Gasteiger partial charge in [-0.2, -0.15) is 0 Å². The Labute approximate surface area is 117 Å². The molecule has 0 aliphatic rings. The molecule has 18 heavy (non-hydrogen) atoms. The maximum absolute atomic E-state index is 6.06. The molecule has 0 fully saturated rings. The number of fused-ring (bicyclic) bond motifs is 1. The largest absolute Gasteiger partial charge is 0.382 e. The van der Waals surface area contributed by atoms with Gasteiger partial charge in [0, 0.05) is 10.7 Å². The van der Waals surface area contributed by atoms with E-state index in [9.17, 15) is 0 Å². The summed E-state index contributed by atoms with van der Waals surface area (Å²) in [5.74, 6) is 0.673. The standard InChI is InChI=1S/C14H20BrN3/c1-4-5-6-7-12-13(16)17-14-10(3)9(2)11(15)8-18(12)14/h8H,4-7,16H2,1-3H3. The number of unbranched alkanes of at least 4 members (excludes halogenated alkanes) is 2. The molecule has 3 nitrogen and oxygen atoms in total. The summed E-state index contributed by atoms with van der Waals surface area (Å²) in [5, 5.41) is 0. The topological polar surface area (TPSA) is 43.3 Å². The van der Waals surface area contributed by atoms with Crippen LogP contribution in [0.4, 0.5) is 5.82 Å². The van der Waals surface area contributed by atoms with Gasteiger partial charge in [0.25, 0.3) is 0 Å². The van der Waals surface area contributed by atoms with Gasteiger partial charge in [-0.3, -0.25) is 0 Å². The molecule has 0 amide bonds. The van der Waals surface area contributed by atoms with E-state index in [1.807, 2.05) is 0 Å². The lowest BCUT2D eigenvalue weighted by Crippen LogP contribution is -1.99. The van der Waals surface area contributed by atoms with Crippen LogP contribution in [0.2, 0.25) is 0 Å². The molecule has 0 saturated heterocycles. The molecule has 0 aromatic carbocycles. The molecule has 0 aliphatic carbocycles. The molecule has 0 unspecified atom stereocenters. The Kier molecular flexibility index (Phi) is 3.95. The lowest BCUT2D eigenvalue weighted by molar-refractivity contribution is 0.705. The average molecular weight is 310 g/mol. The number of pyridine rings is 1. The molecule has 0 saturated carbocycles. The fraction of sp³-hybridized carbons (Fsp3) is 0.500. The number of halogens is 1.